The van der Waals surface area contributed by atoms with Crippen molar-refractivity contribution in [3.8, 4) is 0 Å². The van der Waals surface area contributed by atoms with Crippen LogP contribution in [0.15, 0.2) is 18.2 Å². The van der Waals surface area contributed by atoms with Crippen molar-refractivity contribution in [3.05, 3.63) is 34.6 Å². The lowest BCUT2D eigenvalue weighted by molar-refractivity contribution is 0.0922. The zero-order valence-electron chi connectivity index (χ0n) is 10.1. The molecule has 1 aromatic rings. The van der Waals surface area contributed by atoms with Gasteiger partial charge in [0, 0.05) is 0 Å². The summed E-state index contributed by atoms with van der Waals surface area (Å²) in [5.74, 6) is -1.31. The number of thiocarbonyl (C=S) groups is 1. The number of hydrogen-bond donors (Lipinski definition) is 2. The van der Waals surface area contributed by atoms with Gasteiger partial charge in [-0.05, 0) is 25.5 Å². The Balaban J connectivity index is 3.06. The van der Waals surface area contributed by atoms with Gasteiger partial charge < -0.3 is 11.1 Å². The van der Waals surface area contributed by atoms with E-state index in [1.807, 2.05) is 6.92 Å². The number of hydrogen-bond acceptors (Lipinski definition) is 2. The van der Waals surface area contributed by atoms with Crippen LogP contribution in [-0.4, -0.2) is 16.4 Å². The summed E-state index contributed by atoms with van der Waals surface area (Å²) < 4.78 is 13.6. The molecule has 0 aliphatic rings. The van der Waals surface area contributed by atoms with Crippen molar-refractivity contribution < 1.29 is 9.18 Å². The number of rotatable bonds is 4. The Labute approximate surface area is 115 Å². The monoisotopic (exact) mass is 288 g/mol. The fraction of sp³-hybridized carbons (Fsp3) is 0.333. The molecule has 3 N–H and O–H groups in total. The predicted molar refractivity (Wildman–Crippen MR) is 74.4 cm³/mol. The number of nitrogens with two attached hydrogens (primary N) is 1. The van der Waals surface area contributed by atoms with Crippen LogP contribution in [0.5, 0.6) is 0 Å². The van der Waals surface area contributed by atoms with Crippen LogP contribution in [0.4, 0.5) is 4.39 Å². The highest BCUT2D eigenvalue weighted by atomic mass is 35.5. The fourth-order valence-electron chi connectivity index (χ4n) is 1.35. The number of halogens is 2. The summed E-state index contributed by atoms with van der Waals surface area (Å²) in [6.45, 7) is 3.50. The van der Waals surface area contributed by atoms with Crippen molar-refractivity contribution in [2.75, 3.05) is 0 Å². The summed E-state index contributed by atoms with van der Waals surface area (Å²) >= 11 is 10.7. The second-order valence-electron chi connectivity index (χ2n) is 4.10. The van der Waals surface area contributed by atoms with Gasteiger partial charge in [-0.1, -0.05) is 36.8 Å². The zero-order valence-corrected chi connectivity index (χ0v) is 11.7. The zero-order chi connectivity index (χ0) is 13.9. The topological polar surface area (TPSA) is 55.1 Å². The molecular weight excluding hydrogens is 275 g/mol. The number of benzene rings is 1. The van der Waals surface area contributed by atoms with Gasteiger partial charge in [-0.2, -0.15) is 0 Å². The molecule has 0 fully saturated rings. The third-order valence-electron chi connectivity index (χ3n) is 2.83. The van der Waals surface area contributed by atoms with E-state index in [1.54, 1.807) is 6.92 Å². The van der Waals surface area contributed by atoms with Crippen LogP contribution in [0.2, 0.25) is 5.02 Å². The summed E-state index contributed by atoms with van der Waals surface area (Å²) in [4.78, 5) is 12.2. The molecule has 0 spiro atoms. The van der Waals surface area contributed by atoms with Crippen molar-refractivity contribution in [1.82, 2.24) is 5.32 Å². The minimum absolute atomic E-state index is 0.0499. The Hall–Kier alpha value is -1.20. The third kappa shape index (κ3) is 2.97. The summed E-state index contributed by atoms with van der Waals surface area (Å²) in [5.41, 5.74) is 4.51. The molecule has 0 aliphatic carbocycles. The molecule has 0 radical (unpaired) electrons. The molecule has 1 unspecified atom stereocenters. The van der Waals surface area contributed by atoms with Crippen LogP contribution in [0.1, 0.15) is 30.6 Å². The first kappa shape index (κ1) is 14.9. The molecule has 3 nitrogen and oxygen atoms in total. The maximum atomic E-state index is 13.6. The minimum atomic E-state index is -0.863. The lowest BCUT2D eigenvalue weighted by Crippen LogP contribution is -2.54. The van der Waals surface area contributed by atoms with E-state index in [0.29, 0.717) is 6.42 Å². The molecule has 1 aromatic carbocycles. The Bertz CT molecular complexity index is 475. The normalized spacial score (nSPS) is 13.8. The standard InChI is InChI=1S/C12H14ClFN2OS/c1-3-12(2,11(15)18)16-10(17)9-7(13)5-4-6-8(9)14/h4-6H,3H2,1-2H3,(H2,15,18)(H,16,17). The summed E-state index contributed by atoms with van der Waals surface area (Å²) in [6, 6.07) is 4.05. The molecule has 0 heterocycles. The third-order valence-corrected chi connectivity index (χ3v) is 3.60. The van der Waals surface area contributed by atoms with E-state index < -0.39 is 17.3 Å². The van der Waals surface area contributed by atoms with Crippen LogP contribution in [-0.2, 0) is 0 Å². The van der Waals surface area contributed by atoms with Gasteiger partial charge in [-0.3, -0.25) is 4.79 Å². The molecule has 1 atom stereocenters. The van der Waals surface area contributed by atoms with Crippen molar-refractivity contribution in [1.29, 1.82) is 0 Å². The maximum Gasteiger partial charge on any atom is 0.256 e. The molecule has 0 aromatic heterocycles. The first-order valence-corrected chi connectivity index (χ1v) is 6.17. The molecular formula is C12H14ClFN2OS. The number of carbonyl (C=O) groups excluding carboxylic acids is 1. The molecule has 6 heteroatoms. The SMILES string of the molecule is CCC(C)(NC(=O)c1c(F)cccc1Cl)C(N)=S. The highest BCUT2D eigenvalue weighted by molar-refractivity contribution is 7.80. The van der Waals surface area contributed by atoms with Crippen molar-refractivity contribution >= 4 is 34.7 Å². The predicted octanol–water partition coefficient (Wildman–Crippen LogP) is 2.66. The quantitative estimate of drug-likeness (QED) is 0.838. The van der Waals surface area contributed by atoms with Crippen LogP contribution in [0, 0.1) is 5.82 Å². The van der Waals surface area contributed by atoms with Gasteiger partial charge in [-0.15, -0.1) is 0 Å². The second-order valence-corrected chi connectivity index (χ2v) is 4.95. The van der Waals surface area contributed by atoms with Crippen LogP contribution in [0.3, 0.4) is 0 Å². The molecule has 1 amide bonds. The Morgan fingerprint density at radius 2 is 2.22 bits per heavy atom. The van der Waals surface area contributed by atoms with Crippen LogP contribution < -0.4 is 11.1 Å². The largest absolute Gasteiger partial charge is 0.391 e. The van der Waals surface area contributed by atoms with E-state index in [4.69, 9.17) is 29.6 Å². The highest BCUT2D eigenvalue weighted by Gasteiger charge is 2.29. The van der Waals surface area contributed by atoms with E-state index in [9.17, 15) is 9.18 Å². The molecule has 0 saturated carbocycles. The minimum Gasteiger partial charge on any atom is -0.391 e. The molecule has 18 heavy (non-hydrogen) atoms. The highest BCUT2D eigenvalue weighted by Crippen LogP contribution is 2.20. The first-order valence-electron chi connectivity index (χ1n) is 5.38. The summed E-state index contributed by atoms with van der Waals surface area (Å²) in [5, 5.41) is 2.66. The number of nitrogens with one attached hydrogen (secondary N) is 1. The van der Waals surface area contributed by atoms with Gasteiger partial charge >= 0.3 is 0 Å². The first-order chi connectivity index (χ1) is 8.31. The van der Waals surface area contributed by atoms with Crippen molar-refractivity contribution in [2.24, 2.45) is 5.73 Å². The van der Waals surface area contributed by atoms with Gasteiger partial charge in [0.2, 0.25) is 0 Å². The molecule has 1 rings (SSSR count). The second kappa shape index (κ2) is 5.63. The molecule has 0 bridgehead atoms. The van der Waals surface area contributed by atoms with Gasteiger partial charge in [0.15, 0.2) is 0 Å². The van der Waals surface area contributed by atoms with Crippen LogP contribution in [0.25, 0.3) is 0 Å². The van der Waals surface area contributed by atoms with E-state index in [1.165, 1.54) is 18.2 Å². The van der Waals surface area contributed by atoms with E-state index in [0.717, 1.165) is 0 Å². The van der Waals surface area contributed by atoms with E-state index in [2.05, 4.69) is 5.32 Å². The Morgan fingerprint density at radius 1 is 1.61 bits per heavy atom. The Kier molecular flexibility index (Phi) is 4.65. The average Bonchev–Trinajstić information content (AvgIpc) is 2.28. The maximum absolute atomic E-state index is 13.6. The van der Waals surface area contributed by atoms with Gasteiger partial charge in [0.25, 0.3) is 5.91 Å². The Morgan fingerprint density at radius 3 is 2.67 bits per heavy atom. The summed E-state index contributed by atoms with van der Waals surface area (Å²) in [6.07, 6.45) is 0.500. The van der Waals surface area contributed by atoms with Gasteiger partial charge in [-0.25, -0.2) is 4.39 Å². The van der Waals surface area contributed by atoms with Gasteiger partial charge in [0.1, 0.15) is 5.82 Å². The number of carbonyl (C=O) groups is 1. The molecule has 0 aliphatic heterocycles. The number of amides is 1. The lowest BCUT2D eigenvalue weighted by Gasteiger charge is -2.28. The lowest BCUT2D eigenvalue weighted by atomic mass is 9.98. The molecule has 0 saturated heterocycles. The smallest absolute Gasteiger partial charge is 0.256 e. The van der Waals surface area contributed by atoms with Crippen LogP contribution >= 0.6 is 23.8 Å². The van der Waals surface area contributed by atoms with Crippen molar-refractivity contribution in [3.63, 3.8) is 0 Å². The van der Waals surface area contributed by atoms with Crippen molar-refractivity contribution in [2.45, 2.75) is 25.8 Å². The van der Waals surface area contributed by atoms with E-state index in [-0.39, 0.29) is 15.6 Å². The summed E-state index contributed by atoms with van der Waals surface area (Å²) in [7, 11) is 0. The fourth-order valence-corrected chi connectivity index (χ4v) is 1.80. The molecule has 98 valence electrons. The average molecular weight is 289 g/mol. The van der Waals surface area contributed by atoms with E-state index >= 15 is 0 Å². The van der Waals surface area contributed by atoms with Gasteiger partial charge in [0.05, 0.1) is 21.1 Å².